The molecule has 0 aromatic heterocycles. The molecule has 0 radical (unpaired) electrons. The minimum absolute atomic E-state index is 0.119. The smallest absolute Gasteiger partial charge is 0.260 e. The lowest BCUT2D eigenvalue weighted by Gasteiger charge is -2.29. The van der Waals surface area contributed by atoms with Crippen LogP contribution in [0.1, 0.15) is 35.3 Å². The molecule has 23 heavy (non-hydrogen) atoms. The summed E-state index contributed by atoms with van der Waals surface area (Å²) in [5.74, 6) is -0.119. The minimum atomic E-state index is -0.690. The standard InChI is InChI=1S/C19H18N2OS/c1-13-9-11-14(12-10-13)16-18(23)21(19(2,3)20-16)17(22)15-7-5-4-6-8-15/h4-12H,1-3H3. The molecule has 0 saturated carbocycles. The third kappa shape index (κ3) is 2.82. The summed E-state index contributed by atoms with van der Waals surface area (Å²) in [5, 5.41) is 0. The number of nitrogens with zero attached hydrogens (tertiary/aromatic N) is 2. The van der Waals surface area contributed by atoms with E-state index in [4.69, 9.17) is 17.2 Å². The van der Waals surface area contributed by atoms with Crippen LogP contribution in [0.4, 0.5) is 0 Å². The van der Waals surface area contributed by atoms with Crippen LogP contribution < -0.4 is 0 Å². The molecule has 1 heterocycles. The summed E-state index contributed by atoms with van der Waals surface area (Å²) in [6, 6.07) is 17.2. The number of thiocarbonyl (C=S) groups is 1. The zero-order valence-electron chi connectivity index (χ0n) is 13.4. The number of carbonyl (C=O) groups is 1. The van der Waals surface area contributed by atoms with Crippen molar-refractivity contribution < 1.29 is 4.79 Å². The molecule has 1 aliphatic rings. The van der Waals surface area contributed by atoms with Crippen LogP contribution in [-0.4, -0.2) is 27.2 Å². The molecule has 3 rings (SSSR count). The number of aliphatic imine (C=N–C) groups is 1. The summed E-state index contributed by atoms with van der Waals surface area (Å²) in [6.45, 7) is 5.84. The number of benzene rings is 2. The largest absolute Gasteiger partial charge is 0.272 e. The van der Waals surface area contributed by atoms with Crippen molar-refractivity contribution in [3.63, 3.8) is 0 Å². The maximum atomic E-state index is 12.9. The summed E-state index contributed by atoms with van der Waals surface area (Å²) < 4.78 is 0. The van der Waals surface area contributed by atoms with Gasteiger partial charge in [0.1, 0.15) is 16.4 Å². The van der Waals surface area contributed by atoms with Crippen LogP contribution in [0.15, 0.2) is 59.6 Å². The Morgan fingerprint density at radius 1 is 1.04 bits per heavy atom. The third-order valence-electron chi connectivity index (χ3n) is 3.89. The van der Waals surface area contributed by atoms with E-state index in [1.807, 2.05) is 63.2 Å². The van der Waals surface area contributed by atoms with Crippen molar-refractivity contribution >= 4 is 28.8 Å². The second-order valence-corrected chi connectivity index (χ2v) is 6.52. The molecule has 0 spiro atoms. The Morgan fingerprint density at radius 2 is 1.65 bits per heavy atom. The van der Waals surface area contributed by atoms with E-state index in [-0.39, 0.29) is 5.91 Å². The van der Waals surface area contributed by atoms with Crippen molar-refractivity contribution in [1.82, 2.24) is 4.90 Å². The second-order valence-electron chi connectivity index (χ2n) is 6.13. The Balaban J connectivity index is 1.98. The first-order chi connectivity index (χ1) is 10.9. The van der Waals surface area contributed by atoms with Gasteiger partial charge < -0.3 is 0 Å². The number of amides is 1. The Bertz CT molecular complexity index is 792. The summed E-state index contributed by atoms with van der Waals surface area (Å²) in [5.41, 5.74) is 2.74. The molecule has 0 N–H and O–H groups in total. The molecule has 0 atom stereocenters. The Morgan fingerprint density at radius 3 is 2.26 bits per heavy atom. The van der Waals surface area contributed by atoms with E-state index in [1.54, 1.807) is 17.0 Å². The van der Waals surface area contributed by atoms with E-state index in [0.29, 0.717) is 16.3 Å². The fourth-order valence-corrected chi connectivity index (χ4v) is 3.15. The van der Waals surface area contributed by atoms with Crippen LogP contribution >= 0.6 is 12.2 Å². The van der Waals surface area contributed by atoms with Gasteiger partial charge in [0.05, 0.1) is 0 Å². The molecule has 0 aliphatic carbocycles. The van der Waals surface area contributed by atoms with Gasteiger partial charge in [0.25, 0.3) is 5.91 Å². The van der Waals surface area contributed by atoms with Crippen LogP contribution in [0.5, 0.6) is 0 Å². The predicted octanol–water partition coefficient (Wildman–Crippen LogP) is 4.00. The zero-order valence-corrected chi connectivity index (χ0v) is 14.2. The maximum Gasteiger partial charge on any atom is 0.260 e. The van der Waals surface area contributed by atoms with Crippen molar-refractivity contribution in [3.8, 4) is 0 Å². The average molecular weight is 322 g/mol. The fourth-order valence-electron chi connectivity index (χ4n) is 2.68. The molecule has 116 valence electrons. The van der Waals surface area contributed by atoms with Crippen molar-refractivity contribution in [3.05, 3.63) is 71.3 Å². The Kier molecular flexibility index (Phi) is 3.86. The molecular weight excluding hydrogens is 304 g/mol. The van der Waals surface area contributed by atoms with E-state index in [9.17, 15) is 4.79 Å². The van der Waals surface area contributed by atoms with E-state index in [2.05, 4.69) is 0 Å². The van der Waals surface area contributed by atoms with Crippen molar-refractivity contribution in [2.75, 3.05) is 0 Å². The van der Waals surface area contributed by atoms with Gasteiger partial charge in [-0.3, -0.25) is 14.7 Å². The summed E-state index contributed by atoms with van der Waals surface area (Å²) in [6.07, 6.45) is 0. The van der Waals surface area contributed by atoms with Gasteiger partial charge in [-0.1, -0.05) is 60.2 Å². The molecule has 2 aromatic carbocycles. The highest BCUT2D eigenvalue weighted by atomic mass is 32.1. The van der Waals surface area contributed by atoms with Crippen LogP contribution in [0.2, 0.25) is 0 Å². The van der Waals surface area contributed by atoms with Gasteiger partial charge in [0.2, 0.25) is 0 Å². The molecule has 0 fully saturated rings. The van der Waals surface area contributed by atoms with Gasteiger partial charge in [-0.15, -0.1) is 0 Å². The van der Waals surface area contributed by atoms with E-state index in [0.717, 1.165) is 5.56 Å². The third-order valence-corrected chi connectivity index (χ3v) is 4.26. The molecule has 0 bridgehead atoms. The molecule has 1 amide bonds. The quantitative estimate of drug-likeness (QED) is 0.783. The van der Waals surface area contributed by atoms with Gasteiger partial charge in [-0.2, -0.15) is 0 Å². The Hall–Kier alpha value is -2.33. The lowest BCUT2D eigenvalue weighted by molar-refractivity contribution is 0.0758. The highest BCUT2D eigenvalue weighted by Crippen LogP contribution is 2.29. The normalized spacial score (nSPS) is 16.4. The molecule has 4 heteroatoms. The number of hydrogen-bond donors (Lipinski definition) is 0. The number of carbonyl (C=O) groups excluding carboxylic acids is 1. The average Bonchev–Trinajstić information content (AvgIpc) is 2.78. The monoisotopic (exact) mass is 322 g/mol. The molecular formula is C19H18N2OS. The first-order valence-corrected chi connectivity index (χ1v) is 7.92. The highest BCUT2D eigenvalue weighted by Gasteiger charge is 2.42. The van der Waals surface area contributed by atoms with E-state index >= 15 is 0 Å². The number of aryl methyl sites for hydroxylation is 1. The second kappa shape index (κ2) is 5.70. The maximum absolute atomic E-state index is 12.9. The lowest BCUT2D eigenvalue weighted by Crippen LogP contribution is -2.46. The topological polar surface area (TPSA) is 32.7 Å². The first-order valence-electron chi connectivity index (χ1n) is 7.51. The summed E-state index contributed by atoms with van der Waals surface area (Å²) in [4.78, 5) is 19.7. The van der Waals surface area contributed by atoms with E-state index in [1.165, 1.54) is 5.56 Å². The number of rotatable bonds is 2. The SMILES string of the molecule is Cc1ccc(C2=NC(C)(C)N(C(=O)c3ccccc3)C2=S)cc1. The van der Waals surface area contributed by atoms with Gasteiger partial charge in [-0.25, -0.2) is 0 Å². The minimum Gasteiger partial charge on any atom is -0.272 e. The van der Waals surface area contributed by atoms with Crippen molar-refractivity contribution in [1.29, 1.82) is 0 Å². The van der Waals surface area contributed by atoms with Crippen molar-refractivity contribution in [2.24, 2.45) is 4.99 Å². The molecule has 1 aliphatic heterocycles. The Labute approximate surface area is 141 Å². The van der Waals surface area contributed by atoms with Crippen LogP contribution in [0.3, 0.4) is 0 Å². The zero-order chi connectivity index (χ0) is 16.6. The van der Waals surface area contributed by atoms with Crippen molar-refractivity contribution in [2.45, 2.75) is 26.4 Å². The molecule has 0 unspecified atom stereocenters. The van der Waals surface area contributed by atoms with Crippen LogP contribution in [0, 0.1) is 6.92 Å². The fraction of sp³-hybridized carbons (Fsp3) is 0.211. The molecule has 3 nitrogen and oxygen atoms in total. The molecule has 2 aromatic rings. The summed E-state index contributed by atoms with van der Waals surface area (Å²) in [7, 11) is 0. The van der Waals surface area contributed by atoms with Crippen LogP contribution in [-0.2, 0) is 0 Å². The predicted molar refractivity (Wildman–Crippen MR) is 97.0 cm³/mol. The lowest BCUT2D eigenvalue weighted by atomic mass is 10.1. The van der Waals surface area contributed by atoms with Gasteiger partial charge in [-0.05, 0) is 32.9 Å². The summed E-state index contributed by atoms with van der Waals surface area (Å²) >= 11 is 5.58. The van der Waals surface area contributed by atoms with E-state index < -0.39 is 5.66 Å². The van der Waals surface area contributed by atoms with Gasteiger partial charge in [0.15, 0.2) is 0 Å². The van der Waals surface area contributed by atoms with Gasteiger partial charge >= 0.3 is 0 Å². The first kappa shape index (κ1) is 15.6. The highest BCUT2D eigenvalue weighted by molar-refractivity contribution is 7.82. The van der Waals surface area contributed by atoms with Gasteiger partial charge in [0, 0.05) is 11.1 Å². The molecule has 0 saturated heterocycles. The van der Waals surface area contributed by atoms with Crippen LogP contribution in [0.25, 0.3) is 0 Å². The number of hydrogen-bond acceptors (Lipinski definition) is 3.